The van der Waals surface area contributed by atoms with Crippen molar-refractivity contribution in [1.82, 2.24) is 14.5 Å². The topological polar surface area (TPSA) is 150 Å². The number of carbonyl (C=O) groups is 3. The zero-order chi connectivity index (χ0) is 26.4. The average Bonchev–Trinajstić information content (AvgIpc) is 3.57. The highest BCUT2D eigenvalue weighted by Crippen LogP contribution is 2.26. The molecule has 1 fully saturated rings. The Morgan fingerprint density at radius 2 is 1.54 bits per heavy atom. The lowest BCUT2D eigenvalue weighted by molar-refractivity contribution is -0.114. The molecule has 1 aliphatic rings. The number of amides is 3. The summed E-state index contributed by atoms with van der Waals surface area (Å²) in [5, 5.41) is 16.2. The van der Waals surface area contributed by atoms with Crippen LogP contribution in [0.25, 0.3) is 0 Å². The summed E-state index contributed by atoms with van der Waals surface area (Å²) in [5.74, 6) is -0.786. The van der Waals surface area contributed by atoms with Crippen LogP contribution in [0, 0.1) is 0 Å². The summed E-state index contributed by atoms with van der Waals surface area (Å²) in [6.07, 6.45) is 1.70. The highest BCUT2D eigenvalue weighted by molar-refractivity contribution is 8.01. The van der Waals surface area contributed by atoms with Gasteiger partial charge in [-0.05, 0) is 61.4 Å². The smallest absolute Gasteiger partial charge is 0.257 e. The number of aromatic nitrogens is 2. The van der Waals surface area contributed by atoms with Gasteiger partial charge < -0.3 is 10.6 Å². The second-order valence-electron chi connectivity index (χ2n) is 8.06. The van der Waals surface area contributed by atoms with Crippen LogP contribution in [0.2, 0.25) is 0 Å². The lowest BCUT2D eigenvalue weighted by Crippen LogP contribution is -2.27. The van der Waals surface area contributed by atoms with E-state index in [1.54, 1.807) is 24.3 Å². The molecule has 1 aliphatic heterocycles. The van der Waals surface area contributed by atoms with Crippen LogP contribution in [0.3, 0.4) is 0 Å². The van der Waals surface area contributed by atoms with Gasteiger partial charge in [0.05, 0.1) is 10.6 Å². The molecule has 3 N–H and O–H groups in total. The van der Waals surface area contributed by atoms with Crippen LogP contribution < -0.4 is 16.0 Å². The van der Waals surface area contributed by atoms with E-state index >= 15 is 0 Å². The number of thioether (sulfide) groups is 1. The van der Waals surface area contributed by atoms with Crippen molar-refractivity contribution in [1.29, 1.82) is 0 Å². The number of hydrogen-bond acceptors (Lipinski definition) is 9. The maximum absolute atomic E-state index is 12.6. The highest BCUT2D eigenvalue weighted by Gasteiger charge is 2.27. The Kier molecular flexibility index (Phi) is 8.53. The Balaban J connectivity index is 1.27. The molecule has 3 amide bonds. The van der Waals surface area contributed by atoms with Crippen LogP contribution in [0.4, 0.5) is 16.5 Å². The van der Waals surface area contributed by atoms with E-state index in [1.807, 2.05) is 0 Å². The second-order valence-corrected chi connectivity index (χ2v) is 12.2. The van der Waals surface area contributed by atoms with Gasteiger partial charge in [0.2, 0.25) is 27.0 Å². The predicted octanol–water partition coefficient (Wildman–Crippen LogP) is 3.26. The first-order chi connectivity index (χ1) is 17.7. The van der Waals surface area contributed by atoms with E-state index in [1.165, 1.54) is 47.3 Å². The fraction of sp³-hybridized carbons (Fsp3) is 0.261. The number of anilines is 3. The van der Waals surface area contributed by atoms with Gasteiger partial charge in [0.25, 0.3) is 5.91 Å². The SMILES string of the molecule is CC(=O)Nc1ccc(NC(=O)CSc2nnc(NC(=O)c3ccc(S(=O)(=O)N4CCCC4)cc3)s2)cc1. The van der Waals surface area contributed by atoms with E-state index < -0.39 is 15.9 Å². The molecule has 0 radical (unpaired) electrons. The first-order valence-electron chi connectivity index (χ1n) is 11.3. The van der Waals surface area contributed by atoms with E-state index in [9.17, 15) is 22.8 Å². The maximum atomic E-state index is 12.6. The molecular weight excluding hydrogens is 536 g/mol. The van der Waals surface area contributed by atoms with Crippen LogP contribution >= 0.6 is 23.1 Å². The average molecular weight is 561 g/mol. The molecule has 0 unspecified atom stereocenters. The van der Waals surface area contributed by atoms with Crippen molar-refractivity contribution in [2.45, 2.75) is 29.0 Å². The lowest BCUT2D eigenvalue weighted by Gasteiger charge is -2.15. The van der Waals surface area contributed by atoms with E-state index in [0.29, 0.717) is 28.8 Å². The molecule has 4 rings (SSSR count). The third-order valence-electron chi connectivity index (χ3n) is 5.26. The van der Waals surface area contributed by atoms with Gasteiger partial charge in [0.1, 0.15) is 0 Å². The monoisotopic (exact) mass is 560 g/mol. The van der Waals surface area contributed by atoms with Crippen LogP contribution in [-0.2, 0) is 19.6 Å². The van der Waals surface area contributed by atoms with Gasteiger partial charge in [0.15, 0.2) is 4.34 Å². The fourth-order valence-corrected chi connectivity index (χ4v) is 6.57. The van der Waals surface area contributed by atoms with Crippen LogP contribution in [0.1, 0.15) is 30.1 Å². The van der Waals surface area contributed by atoms with Gasteiger partial charge in [0, 0.05) is 37.0 Å². The molecule has 11 nitrogen and oxygen atoms in total. The van der Waals surface area contributed by atoms with E-state index in [4.69, 9.17) is 0 Å². The summed E-state index contributed by atoms with van der Waals surface area (Å²) in [4.78, 5) is 36.0. The van der Waals surface area contributed by atoms with Crippen molar-refractivity contribution in [2.75, 3.05) is 34.8 Å². The van der Waals surface area contributed by atoms with Crippen molar-refractivity contribution in [3.63, 3.8) is 0 Å². The first kappa shape index (κ1) is 26.7. The molecule has 0 bridgehead atoms. The summed E-state index contributed by atoms with van der Waals surface area (Å²) >= 11 is 2.30. The maximum Gasteiger partial charge on any atom is 0.257 e. The summed E-state index contributed by atoms with van der Waals surface area (Å²) in [5.41, 5.74) is 1.50. The van der Waals surface area contributed by atoms with E-state index in [-0.39, 0.29) is 33.2 Å². The number of sulfonamides is 1. The summed E-state index contributed by atoms with van der Waals surface area (Å²) < 4.78 is 27.2. The van der Waals surface area contributed by atoms with E-state index in [2.05, 4.69) is 26.1 Å². The fourth-order valence-electron chi connectivity index (χ4n) is 3.51. The number of benzene rings is 2. The third kappa shape index (κ3) is 7.13. The molecule has 2 heterocycles. The Bertz CT molecular complexity index is 1380. The van der Waals surface area contributed by atoms with Crippen molar-refractivity contribution in [3.05, 3.63) is 54.1 Å². The van der Waals surface area contributed by atoms with Crippen molar-refractivity contribution >= 4 is 67.3 Å². The van der Waals surface area contributed by atoms with Crippen LogP contribution in [0.15, 0.2) is 57.8 Å². The zero-order valence-electron chi connectivity index (χ0n) is 19.8. The highest BCUT2D eigenvalue weighted by atomic mass is 32.2. The molecule has 0 saturated carbocycles. The summed E-state index contributed by atoms with van der Waals surface area (Å²) in [6.45, 7) is 2.44. The normalized spacial score (nSPS) is 13.8. The minimum atomic E-state index is -3.55. The van der Waals surface area contributed by atoms with Crippen molar-refractivity contribution in [3.8, 4) is 0 Å². The van der Waals surface area contributed by atoms with Gasteiger partial charge in [-0.1, -0.05) is 23.1 Å². The standard InChI is InChI=1S/C23H24N6O5S3/c1-15(30)24-17-6-8-18(9-7-17)25-20(31)14-35-23-28-27-22(36-23)26-21(32)16-4-10-19(11-5-16)37(33,34)29-12-2-3-13-29/h4-11H,2-3,12-14H2,1H3,(H,24,30)(H,25,31)(H,26,27,32). The Morgan fingerprint density at radius 3 is 2.16 bits per heavy atom. The molecule has 0 aliphatic carbocycles. The molecule has 0 atom stereocenters. The number of carbonyl (C=O) groups excluding carboxylic acids is 3. The molecule has 1 aromatic heterocycles. The lowest BCUT2D eigenvalue weighted by atomic mass is 10.2. The minimum Gasteiger partial charge on any atom is -0.326 e. The number of nitrogens with one attached hydrogen (secondary N) is 3. The Morgan fingerprint density at radius 1 is 0.919 bits per heavy atom. The predicted molar refractivity (Wildman–Crippen MR) is 142 cm³/mol. The number of rotatable bonds is 9. The number of nitrogens with zero attached hydrogens (tertiary/aromatic N) is 3. The van der Waals surface area contributed by atoms with Gasteiger partial charge in [-0.15, -0.1) is 10.2 Å². The molecule has 14 heteroatoms. The largest absolute Gasteiger partial charge is 0.326 e. The molecular formula is C23H24N6O5S3. The second kappa shape index (κ2) is 11.8. The first-order valence-corrected chi connectivity index (χ1v) is 14.5. The van der Waals surface area contributed by atoms with Crippen molar-refractivity contribution in [2.24, 2.45) is 0 Å². The van der Waals surface area contributed by atoms with Gasteiger partial charge >= 0.3 is 0 Å². The van der Waals surface area contributed by atoms with Gasteiger partial charge in [-0.2, -0.15) is 4.31 Å². The molecule has 37 heavy (non-hydrogen) atoms. The summed E-state index contributed by atoms with van der Waals surface area (Å²) in [6, 6.07) is 12.5. The zero-order valence-corrected chi connectivity index (χ0v) is 22.2. The van der Waals surface area contributed by atoms with Crippen LogP contribution in [-0.4, -0.2) is 59.5 Å². The Hall–Kier alpha value is -3.33. The van der Waals surface area contributed by atoms with Gasteiger partial charge in [-0.25, -0.2) is 8.42 Å². The summed E-state index contributed by atoms with van der Waals surface area (Å²) in [7, 11) is -3.55. The molecule has 194 valence electrons. The van der Waals surface area contributed by atoms with Crippen LogP contribution in [0.5, 0.6) is 0 Å². The number of hydrogen-bond donors (Lipinski definition) is 3. The molecule has 3 aromatic rings. The Labute approximate surface area is 222 Å². The third-order valence-corrected chi connectivity index (χ3v) is 9.15. The van der Waals surface area contributed by atoms with E-state index in [0.717, 1.165) is 24.2 Å². The quantitative estimate of drug-likeness (QED) is 0.267. The minimum absolute atomic E-state index is 0.0863. The molecule has 1 saturated heterocycles. The van der Waals surface area contributed by atoms with Gasteiger partial charge in [-0.3, -0.25) is 19.7 Å². The molecule has 0 spiro atoms. The molecule has 2 aromatic carbocycles. The van der Waals surface area contributed by atoms with Crippen molar-refractivity contribution < 1.29 is 22.8 Å².